The lowest BCUT2D eigenvalue weighted by Gasteiger charge is -2.35. The van der Waals surface area contributed by atoms with E-state index in [4.69, 9.17) is 4.74 Å². The second-order valence-electron chi connectivity index (χ2n) is 6.51. The molecule has 5 nitrogen and oxygen atoms in total. The quantitative estimate of drug-likeness (QED) is 0.845. The van der Waals surface area contributed by atoms with Crippen molar-refractivity contribution < 1.29 is 13.2 Å². The predicted octanol–water partition coefficient (Wildman–Crippen LogP) is 2.73. The lowest BCUT2D eigenvalue weighted by molar-refractivity contribution is 0.185. The molecular formula is C20H26N2O3S. The topological polar surface area (TPSA) is 58.6 Å². The van der Waals surface area contributed by atoms with Crippen molar-refractivity contribution in [2.24, 2.45) is 0 Å². The number of nitrogens with one attached hydrogen (secondary N) is 1. The highest BCUT2D eigenvalue weighted by Crippen LogP contribution is 2.29. The maximum absolute atomic E-state index is 13.2. The van der Waals surface area contributed by atoms with E-state index in [9.17, 15) is 8.42 Å². The van der Waals surface area contributed by atoms with E-state index in [0.29, 0.717) is 31.1 Å². The minimum atomic E-state index is -3.55. The van der Waals surface area contributed by atoms with Gasteiger partial charge in [-0.3, -0.25) is 0 Å². The van der Waals surface area contributed by atoms with Gasteiger partial charge in [0.25, 0.3) is 0 Å². The molecule has 1 fully saturated rings. The lowest BCUT2D eigenvalue weighted by Crippen LogP contribution is -2.48. The van der Waals surface area contributed by atoms with Crippen LogP contribution in [0.1, 0.15) is 29.7 Å². The van der Waals surface area contributed by atoms with Crippen molar-refractivity contribution in [1.82, 2.24) is 9.62 Å². The number of methoxy groups -OCH3 is 1. The number of hydrogen-bond donors (Lipinski definition) is 1. The van der Waals surface area contributed by atoms with E-state index in [-0.39, 0.29) is 6.04 Å². The Balaban J connectivity index is 1.89. The van der Waals surface area contributed by atoms with Crippen molar-refractivity contribution in [2.75, 3.05) is 26.7 Å². The van der Waals surface area contributed by atoms with Crippen LogP contribution in [0.15, 0.2) is 53.4 Å². The molecule has 26 heavy (non-hydrogen) atoms. The Morgan fingerprint density at radius 2 is 1.73 bits per heavy atom. The number of rotatable bonds is 6. The van der Waals surface area contributed by atoms with Crippen LogP contribution in [-0.2, 0) is 27.8 Å². The first-order chi connectivity index (χ1) is 12.6. The Labute approximate surface area is 156 Å². The monoisotopic (exact) mass is 374 g/mol. The normalized spacial score (nSPS) is 18.8. The fraction of sp³-hybridized carbons (Fsp3) is 0.400. The van der Waals surface area contributed by atoms with Gasteiger partial charge in [-0.25, -0.2) is 8.42 Å². The summed E-state index contributed by atoms with van der Waals surface area (Å²) in [6, 6.07) is 15.0. The number of sulfonamides is 1. The van der Waals surface area contributed by atoms with Gasteiger partial charge in [-0.1, -0.05) is 43.3 Å². The second kappa shape index (κ2) is 8.31. The second-order valence-corrected chi connectivity index (χ2v) is 8.40. The molecule has 2 aromatic rings. The molecule has 1 aliphatic rings. The number of ether oxygens (including phenoxy) is 1. The Morgan fingerprint density at radius 3 is 2.35 bits per heavy atom. The third kappa shape index (κ3) is 3.99. The molecule has 1 N–H and O–H groups in total. The first-order valence-corrected chi connectivity index (χ1v) is 10.4. The van der Waals surface area contributed by atoms with Crippen LogP contribution < -0.4 is 5.32 Å². The zero-order valence-corrected chi connectivity index (χ0v) is 16.1. The van der Waals surface area contributed by atoms with E-state index in [1.165, 1.54) is 5.56 Å². The van der Waals surface area contributed by atoms with Crippen molar-refractivity contribution >= 4 is 10.0 Å². The molecular weight excluding hydrogens is 348 g/mol. The largest absolute Gasteiger partial charge is 0.380 e. The summed E-state index contributed by atoms with van der Waals surface area (Å²) in [5.41, 5.74) is 3.23. The van der Waals surface area contributed by atoms with Crippen LogP contribution in [-0.4, -0.2) is 39.5 Å². The van der Waals surface area contributed by atoms with Crippen LogP contribution in [0.25, 0.3) is 0 Å². The molecule has 0 aromatic heterocycles. The van der Waals surface area contributed by atoms with Crippen LogP contribution in [0.5, 0.6) is 0 Å². The van der Waals surface area contributed by atoms with Crippen LogP contribution >= 0.6 is 0 Å². The molecule has 0 saturated carbocycles. The van der Waals surface area contributed by atoms with E-state index < -0.39 is 10.0 Å². The molecule has 3 rings (SSSR count). The summed E-state index contributed by atoms with van der Waals surface area (Å²) in [6.07, 6.45) is 0.971. The standard InChI is InChI=1S/C20H26N2O3S/c1-3-16-4-8-18(9-5-16)20-14-21-12-13-22(20)26(23,24)19-10-6-17(7-11-19)15-25-2/h4-11,20-21H,3,12-15H2,1-2H3. The van der Waals surface area contributed by atoms with Crippen LogP contribution in [0.4, 0.5) is 0 Å². The van der Waals surface area contributed by atoms with Crippen molar-refractivity contribution in [2.45, 2.75) is 30.9 Å². The highest BCUT2D eigenvalue weighted by molar-refractivity contribution is 7.89. The Kier molecular flexibility index (Phi) is 6.09. The Bertz CT molecular complexity index is 817. The zero-order valence-electron chi connectivity index (χ0n) is 15.3. The SMILES string of the molecule is CCc1ccc(C2CNCCN2S(=O)(=O)c2ccc(COC)cc2)cc1. The summed E-state index contributed by atoms with van der Waals surface area (Å²) in [7, 11) is -1.93. The molecule has 1 heterocycles. The molecule has 1 saturated heterocycles. The Morgan fingerprint density at radius 1 is 1.08 bits per heavy atom. The molecule has 2 aromatic carbocycles. The van der Waals surface area contributed by atoms with Gasteiger partial charge in [0.1, 0.15) is 0 Å². The molecule has 6 heteroatoms. The van der Waals surface area contributed by atoms with Crippen LogP contribution in [0, 0.1) is 0 Å². The van der Waals surface area contributed by atoms with Gasteiger partial charge >= 0.3 is 0 Å². The lowest BCUT2D eigenvalue weighted by atomic mass is 10.0. The molecule has 0 bridgehead atoms. The highest BCUT2D eigenvalue weighted by Gasteiger charge is 2.34. The fourth-order valence-corrected chi connectivity index (χ4v) is 4.91. The summed E-state index contributed by atoms with van der Waals surface area (Å²) in [5.74, 6) is 0. The summed E-state index contributed by atoms with van der Waals surface area (Å²) >= 11 is 0. The third-order valence-electron chi connectivity index (χ3n) is 4.81. The van der Waals surface area contributed by atoms with Crippen LogP contribution in [0.2, 0.25) is 0 Å². The molecule has 1 atom stereocenters. The number of piperazine rings is 1. The average Bonchev–Trinajstić information content (AvgIpc) is 2.69. The van der Waals surface area contributed by atoms with Gasteiger partial charge in [0.2, 0.25) is 10.0 Å². The van der Waals surface area contributed by atoms with Crippen molar-refractivity contribution in [3.63, 3.8) is 0 Å². The van der Waals surface area contributed by atoms with E-state index in [2.05, 4.69) is 24.4 Å². The number of aryl methyl sites for hydroxylation is 1. The van der Waals surface area contributed by atoms with Gasteiger partial charge in [0, 0.05) is 26.7 Å². The van der Waals surface area contributed by atoms with Gasteiger partial charge in [0.05, 0.1) is 17.5 Å². The molecule has 0 amide bonds. The van der Waals surface area contributed by atoms with Gasteiger partial charge in [0.15, 0.2) is 0 Å². The average molecular weight is 375 g/mol. The molecule has 0 radical (unpaired) electrons. The summed E-state index contributed by atoms with van der Waals surface area (Å²) in [6.45, 7) is 4.32. The highest BCUT2D eigenvalue weighted by atomic mass is 32.2. The number of benzene rings is 2. The smallest absolute Gasteiger partial charge is 0.243 e. The predicted molar refractivity (Wildman–Crippen MR) is 102 cm³/mol. The Hall–Kier alpha value is -1.73. The molecule has 1 unspecified atom stereocenters. The number of nitrogens with zero attached hydrogens (tertiary/aromatic N) is 1. The van der Waals surface area contributed by atoms with E-state index in [1.54, 1.807) is 23.5 Å². The van der Waals surface area contributed by atoms with E-state index >= 15 is 0 Å². The van der Waals surface area contributed by atoms with E-state index in [1.807, 2.05) is 24.3 Å². The van der Waals surface area contributed by atoms with Crippen LogP contribution in [0.3, 0.4) is 0 Å². The third-order valence-corrected chi connectivity index (χ3v) is 6.73. The zero-order chi connectivity index (χ0) is 18.6. The summed E-state index contributed by atoms with van der Waals surface area (Å²) < 4.78 is 33.2. The van der Waals surface area contributed by atoms with Gasteiger partial charge in [-0.05, 0) is 35.2 Å². The van der Waals surface area contributed by atoms with Gasteiger partial charge in [-0.15, -0.1) is 0 Å². The van der Waals surface area contributed by atoms with Gasteiger partial charge < -0.3 is 10.1 Å². The summed E-state index contributed by atoms with van der Waals surface area (Å²) in [5, 5.41) is 3.32. The molecule has 140 valence electrons. The molecule has 0 spiro atoms. The van der Waals surface area contributed by atoms with Crippen molar-refractivity contribution in [3.8, 4) is 0 Å². The summed E-state index contributed by atoms with van der Waals surface area (Å²) in [4.78, 5) is 0.328. The maximum Gasteiger partial charge on any atom is 0.243 e. The first-order valence-electron chi connectivity index (χ1n) is 8.95. The fourth-order valence-electron chi connectivity index (χ4n) is 3.29. The van der Waals surface area contributed by atoms with Crippen molar-refractivity contribution in [3.05, 3.63) is 65.2 Å². The maximum atomic E-state index is 13.2. The first kappa shape index (κ1) is 19.0. The minimum Gasteiger partial charge on any atom is -0.380 e. The molecule has 1 aliphatic heterocycles. The van der Waals surface area contributed by atoms with Crippen molar-refractivity contribution in [1.29, 1.82) is 0 Å². The van der Waals surface area contributed by atoms with Gasteiger partial charge in [-0.2, -0.15) is 4.31 Å². The minimum absolute atomic E-state index is 0.196. The van der Waals surface area contributed by atoms with E-state index in [0.717, 1.165) is 17.5 Å². The number of hydrogen-bond acceptors (Lipinski definition) is 4. The molecule has 0 aliphatic carbocycles.